The number of pyridine rings is 1. The van der Waals surface area contributed by atoms with E-state index in [0.717, 1.165) is 18.1 Å². The van der Waals surface area contributed by atoms with Gasteiger partial charge in [0.25, 0.3) is 11.5 Å². The Morgan fingerprint density at radius 1 is 1.03 bits per heavy atom. The van der Waals surface area contributed by atoms with E-state index < -0.39 is 28.9 Å². The molecule has 10 heteroatoms. The Bertz CT molecular complexity index is 1240. The maximum absolute atomic E-state index is 13.4. The van der Waals surface area contributed by atoms with Crippen LogP contribution in [0.3, 0.4) is 0 Å². The van der Waals surface area contributed by atoms with E-state index in [1.54, 1.807) is 11.1 Å². The van der Waals surface area contributed by atoms with Gasteiger partial charge in [-0.25, -0.2) is 0 Å². The van der Waals surface area contributed by atoms with Crippen LogP contribution in [0, 0.1) is 0 Å². The molecule has 1 aliphatic rings. The zero-order valence-electron chi connectivity index (χ0n) is 17.2. The summed E-state index contributed by atoms with van der Waals surface area (Å²) in [5.74, 6) is 0.588. The molecule has 1 amide bonds. The number of nitrogens with two attached hydrogens (primary N) is 1. The summed E-state index contributed by atoms with van der Waals surface area (Å²) in [7, 11) is 0. The quantitative estimate of drug-likeness (QED) is 0.601. The van der Waals surface area contributed by atoms with Crippen LogP contribution in [0.15, 0.2) is 53.3 Å². The van der Waals surface area contributed by atoms with E-state index in [2.05, 4.69) is 0 Å². The van der Waals surface area contributed by atoms with Crippen molar-refractivity contribution in [2.45, 2.75) is 19.2 Å². The van der Waals surface area contributed by atoms with E-state index >= 15 is 0 Å². The van der Waals surface area contributed by atoms with Gasteiger partial charge in [-0.3, -0.25) is 9.59 Å². The zero-order chi connectivity index (χ0) is 23.6. The molecule has 2 heterocycles. The number of hydrogen-bond acceptors (Lipinski definition) is 5. The molecule has 0 atom stereocenters. The van der Waals surface area contributed by atoms with Crippen LogP contribution in [-0.2, 0) is 12.8 Å². The minimum atomic E-state index is -4.84. The largest absolute Gasteiger partial charge is 0.490 e. The summed E-state index contributed by atoms with van der Waals surface area (Å²) in [6.07, 6.45) is -4.05. The lowest BCUT2D eigenvalue weighted by atomic mass is 10.0. The van der Waals surface area contributed by atoms with Gasteiger partial charge in [-0.05, 0) is 41.5 Å². The predicted molar refractivity (Wildman–Crippen MR) is 112 cm³/mol. The van der Waals surface area contributed by atoms with Crippen molar-refractivity contribution in [3.05, 3.63) is 75.7 Å². The van der Waals surface area contributed by atoms with E-state index in [0.29, 0.717) is 30.5 Å². The normalized spacial score (nSPS) is 13.3. The van der Waals surface area contributed by atoms with E-state index in [-0.39, 0.29) is 17.7 Å². The van der Waals surface area contributed by atoms with Crippen LogP contribution >= 0.6 is 0 Å². The van der Waals surface area contributed by atoms with Crippen LogP contribution in [-0.4, -0.2) is 24.1 Å². The number of aromatic nitrogens is 1. The van der Waals surface area contributed by atoms with Crippen molar-refractivity contribution in [2.75, 3.05) is 13.2 Å². The molecule has 172 valence electrons. The van der Waals surface area contributed by atoms with Gasteiger partial charge in [0.15, 0.2) is 11.5 Å². The number of nitrogens with one attached hydrogen (secondary N) is 1. The highest BCUT2D eigenvalue weighted by molar-refractivity contribution is 5.94. The number of halogens is 3. The zero-order valence-corrected chi connectivity index (χ0v) is 17.2. The third kappa shape index (κ3) is 4.94. The molecule has 0 radical (unpaired) electrons. The number of primary amides is 1. The number of rotatable bonds is 5. The minimum Gasteiger partial charge on any atom is -0.490 e. The molecular weight excluding hydrogens is 441 g/mol. The molecule has 7 nitrogen and oxygen atoms in total. The maximum atomic E-state index is 13.4. The monoisotopic (exact) mass is 460 g/mol. The van der Waals surface area contributed by atoms with Gasteiger partial charge in [-0.2, -0.15) is 13.2 Å². The average Bonchev–Trinajstić information content (AvgIpc) is 3.02. The SMILES string of the molecule is NC(=O)c1cc(-c2ccc(OCc3ccc4c(c3)OCCCO4)cc2)c(C(F)(F)F)[nH]c1=O. The molecule has 0 spiro atoms. The highest BCUT2D eigenvalue weighted by Crippen LogP contribution is 2.36. The maximum Gasteiger partial charge on any atom is 0.431 e. The van der Waals surface area contributed by atoms with E-state index in [4.69, 9.17) is 19.9 Å². The Labute approximate surface area is 185 Å². The molecule has 0 bridgehead atoms. The second-order valence-corrected chi connectivity index (χ2v) is 7.31. The first-order valence-corrected chi connectivity index (χ1v) is 9.98. The molecule has 0 saturated heterocycles. The van der Waals surface area contributed by atoms with Gasteiger partial charge in [-0.1, -0.05) is 18.2 Å². The standard InChI is InChI=1S/C23H19F3N2O5/c24-23(25,26)20-16(11-17(21(27)29)22(30)28-20)14-3-5-15(6-4-14)33-12-13-2-7-18-19(10-13)32-9-1-8-31-18/h2-7,10-11H,1,8-9,12H2,(H2,27,29)(H,28,30). The first kappa shape index (κ1) is 22.3. The van der Waals surface area contributed by atoms with Crippen molar-refractivity contribution >= 4 is 5.91 Å². The fraction of sp³-hybridized carbons (Fsp3) is 0.217. The lowest BCUT2D eigenvalue weighted by Gasteiger charge is -2.14. The number of carbonyl (C=O) groups excluding carboxylic acids is 1. The fourth-order valence-electron chi connectivity index (χ4n) is 3.36. The molecule has 3 N–H and O–H groups in total. The molecule has 0 saturated carbocycles. The summed E-state index contributed by atoms with van der Waals surface area (Å²) in [6.45, 7) is 1.34. The average molecular weight is 460 g/mol. The number of H-pyrrole nitrogens is 1. The van der Waals surface area contributed by atoms with Crippen molar-refractivity contribution in [1.82, 2.24) is 4.98 Å². The Hall–Kier alpha value is -3.95. The van der Waals surface area contributed by atoms with Crippen LogP contribution in [0.25, 0.3) is 11.1 Å². The topological polar surface area (TPSA) is 104 Å². The fourth-order valence-corrected chi connectivity index (χ4v) is 3.36. The Morgan fingerprint density at radius 2 is 1.73 bits per heavy atom. The van der Waals surface area contributed by atoms with E-state index in [1.807, 2.05) is 12.1 Å². The predicted octanol–water partition coefficient (Wildman–Crippen LogP) is 3.90. The molecule has 33 heavy (non-hydrogen) atoms. The van der Waals surface area contributed by atoms with Gasteiger partial charge in [0, 0.05) is 12.0 Å². The molecule has 1 aromatic heterocycles. The molecule has 3 aromatic rings. The minimum absolute atomic E-state index is 0.129. The van der Waals surface area contributed by atoms with Crippen molar-refractivity contribution in [1.29, 1.82) is 0 Å². The van der Waals surface area contributed by atoms with Crippen molar-refractivity contribution < 1.29 is 32.2 Å². The Kier molecular flexibility index (Phi) is 5.99. The van der Waals surface area contributed by atoms with Gasteiger partial charge in [0.1, 0.15) is 23.6 Å². The van der Waals surface area contributed by atoms with Gasteiger partial charge in [0.05, 0.1) is 13.2 Å². The summed E-state index contributed by atoms with van der Waals surface area (Å²) in [4.78, 5) is 25.0. The van der Waals surface area contributed by atoms with Crippen LogP contribution in [0.5, 0.6) is 17.2 Å². The summed E-state index contributed by atoms with van der Waals surface area (Å²) < 4.78 is 57.3. The number of ether oxygens (including phenoxy) is 3. The van der Waals surface area contributed by atoms with Crippen molar-refractivity contribution in [3.63, 3.8) is 0 Å². The first-order valence-electron chi connectivity index (χ1n) is 9.98. The Morgan fingerprint density at radius 3 is 2.39 bits per heavy atom. The highest BCUT2D eigenvalue weighted by atomic mass is 19.4. The molecule has 0 unspecified atom stereocenters. The summed E-state index contributed by atoms with van der Waals surface area (Å²) >= 11 is 0. The summed E-state index contributed by atoms with van der Waals surface area (Å²) in [6, 6.07) is 12.1. The first-order chi connectivity index (χ1) is 15.7. The number of amides is 1. The Balaban J connectivity index is 1.55. The lowest BCUT2D eigenvalue weighted by molar-refractivity contribution is -0.140. The number of carbonyl (C=O) groups is 1. The van der Waals surface area contributed by atoms with Gasteiger partial charge >= 0.3 is 6.18 Å². The molecule has 0 fully saturated rings. The van der Waals surface area contributed by atoms with Crippen LogP contribution in [0.2, 0.25) is 0 Å². The molecular formula is C23H19F3N2O5. The number of alkyl halides is 3. The number of aromatic amines is 1. The molecule has 1 aliphatic heterocycles. The summed E-state index contributed by atoms with van der Waals surface area (Å²) in [5.41, 5.74) is 2.67. The third-order valence-electron chi connectivity index (χ3n) is 4.97. The number of benzene rings is 2. The van der Waals surface area contributed by atoms with Crippen molar-refractivity contribution in [2.24, 2.45) is 5.73 Å². The van der Waals surface area contributed by atoms with Crippen molar-refractivity contribution in [3.8, 4) is 28.4 Å². The second kappa shape index (κ2) is 8.89. The van der Waals surface area contributed by atoms with Gasteiger partial charge < -0.3 is 24.9 Å². The smallest absolute Gasteiger partial charge is 0.431 e. The highest BCUT2D eigenvalue weighted by Gasteiger charge is 2.36. The van der Waals surface area contributed by atoms with E-state index in [1.165, 1.54) is 24.3 Å². The number of hydrogen-bond donors (Lipinski definition) is 2. The molecule has 4 rings (SSSR count). The van der Waals surface area contributed by atoms with Crippen LogP contribution in [0.4, 0.5) is 13.2 Å². The second-order valence-electron chi connectivity index (χ2n) is 7.31. The van der Waals surface area contributed by atoms with E-state index in [9.17, 15) is 22.8 Å². The van der Waals surface area contributed by atoms with Gasteiger partial charge in [0.2, 0.25) is 0 Å². The third-order valence-corrected chi connectivity index (χ3v) is 4.97. The molecule has 2 aromatic carbocycles. The van der Waals surface area contributed by atoms with Crippen LogP contribution < -0.4 is 25.5 Å². The summed E-state index contributed by atoms with van der Waals surface area (Å²) in [5, 5.41) is 0. The van der Waals surface area contributed by atoms with Crippen LogP contribution in [0.1, 0.15) is 28.0 Å². The van der Waals surface area contributed by atoms with Gasteiger partial charge in [-0.15, -0.1) is 0 Å². The lowest BCUT2D eigenvalue weighted by Crippen LogP contribution is -2.27. The molecule has 0 aliphatic carbocycles. The number of fused-ring (bicyclic) bond motifs is 1.